The zero-order valence-corrected chi connectivity index (χ0v) is 42.3. The first-order valence-electron chi connectivity index (χ1n) is 26.4. The van der Waals surface area contributed by atoms with E-state index in [1.807, 2.05) is 21.1 Å². The standard InChI is InChI=1S/C52H104NO7P/c1-6-8-10-12-14-16-18-20-22-24-26-28-30-32-34-36-38-40-42-44-47-57-49-51(50-59-61(55,56)58-48-46-53(3,4)5)60-52(54)45-43-41-39-37-35-33-31-29-27-25-23-21-19-17-15-13-11-9-7-2/h21,23,51H,6-20,22,24-50H2,1-5H3/p+1/b23-21-. The minimum absolute atomic E-state index is 0.0919. The maximum atomic E-state index is 12.8. The molecule has 2 unspecified atom stereocenters. The number of ether oxygens (including phenoxy) is 2. The first kappa shape index (κ1) is 60.2. The highest BCUT2D eigenvalue weighted by molar-refractivity contribution is 7.47. The highest BCUT2D eigenvalue weighted by Gasteiger charge is 2.26. The van der Waals surface area contributed by atoms with Crippen LogP contribution in [0.2, 0.25) is 0 Å². The van der Waals surface area contributed by atoms with Crippen molar-refractivity contribution in [1.29, 1.82) is 0 Å². The lowest BCUT2D eigenvalue weighted by Crippen LogP contribution is -2.37. The molecular formula is C52H105NO7P+. The van der Waals surface area contributed by atoms with Gasteiger partial charge in [-0.3, -0.25) is 13.8 Å². The summed E-state index contributed by atoms with van der Waals surface area (Å²) in [5.74, 6) is -0.309. The Labute approximate surface area is 380 Å². The second-order valence-corrected chi connectivity index (χ2v) is 20.7. The summed E-state index contributed by atoms with van der Waals surface area (Å²) in [6, 6.07) is 0. The number of phosphoric acid groups is 1. The van der Waals surface area contributed by atoms with Crippen LogP contribution in [-0.4, -0.2) is 75.6 Å². The van der Waals surface area contributed by atoms with Crippen LogP contribution >= 0.6 is 7.82 Å². The lowest BCUT2D eigenvalue weighted by atomic mass is 10.0. The zero-order valence-electron chi connectivity index (χ0n) is 41.4. The molecule has 0 aromatic heterocycles. The molecule has 0 aliphatic rings. The Morgan fingerprint density at radius 1 is 0.492 bits per heavy atom. The third kappa shape index (κ3) is 50.1. The molecule has 1 N–H and O–H groups in total. The van der Waals surface area contributed by atoms with E-state index in [0.717, 1.165) is 32.1 Å². The molecule has 61 heavy (non-hydrogen) atoms. The molecule has 0 aromatic carbocycles. The molecule has 364 valence electrons. The van der Waals surface area contributed by atoms with Crippen molar-refractivity contribution in [3.8, 4) is 0 Å². The summed E-state index contributed by atoms with van der Waals surface area (Å²) in [6.45, 7) is 5.68. The molecule has 0 fully saturated rings. The number of nitrogens with zero attached hydrogens (tertiary/aromatic N) is 1. The van der Waals surface area contributed by atoms with Crippen LogP contribution in [0.4, 0.5) is 0 Å². The van der Waals surface area contributed by atoms with Gasteiger partial charge in [0.15, 0.2) is 0 Å². The summed E-state index contributed by atoms with van der Waals surface area (Å²) in [5.41, 5.74) is 0. The van der Waals surface area contributed by atoms with Gasteiger partial charge in [0.2, 0.25) is 0 Å². The number of hydrogen-bond acceptors (Lipinski definition) is 6. The molecule has 8 nitrogen and oxygen atoms in total. The number of unbranched alkanes of at least 4 members (excludes halogenated alkanes) is 34. The summed E-state index contributed by atoms with van der Waals surface area (Å²) < 4.78 is 35.2. The van der Waals surface area contributed by atoms with Gasteiger partial charge in [-0.25, -0.2) is 4.57 Å². The van der Waals surface area contributed by atoms with Crippen LogP contribution in [0.1, 0.15) is 258 Å². The van der Waals surface area contributed by atoms with E-state index < -0.39 is 13.9 Å². The van der Waals surface area contributed by atoms with E-state index in [-0.39, 0.29) is 25.8 Å². The Morgan fingerprint density at radius 3 is 1.25 bits per heavy atom. The summed E-state index contributed by atoms with van der Waals surface area (Å²) in [6.07, 6.45) is 52.5. The number of quaternary nitrogens is 1. The number of phosphoric ester groups is 1. The van der Waals surface area contributed by atoms with Crippen LogP contribution in [0.25, 0.3) is 0 Å². The van der Waals surface area contributed by atoms with E-state index >= 15 is 0 Å². The third-order valence-corrected chi connectivity index (χ3v) is 12.8. The highest BCUT2D eigenvalue weighted by Crippen LogP contribution is 2.43. The van der Waals surface area contributed by atoms with Crippen LogP contribution in [0, 0.1) is 0 Å². The van der Waals surface area contributed by atoms with Crippen LogP contribution in [0.3, 0.4) is 0 Å². The number of allylic oxidation sites excluding steroid dienone is 2. The van der Waals surface area contributed by atoms with Crippen molar-refractivity contribution in [2.24, 2.45) is 0 Å². The van der Waals surface area contributed by atoms with Gasteiger partial charge in [-0.05, 0) is 38.5 Å². The maximum absolute atomic E-state index is 12.8. The molecule has 0 rings (SSSR count). The fourth-order valence-corrected chi connectivity index (χ4v) is 8.47. The minimum atomic E-state index is -4.28. The van der Waals surface area contributed by atoms with Gasteiger partial charge >= 0.3 is 13.8 Å². The monoisotopic (exact) mass is 887 g/mol. The summed E-state index contributed by atoms with van der Waals surface area (Å²) in [5, 5.41) is 0. The molecule has 0 aromatic rings. The van der Waals surface area contributed by atoms with Crippen molar-refractivity contribution >= 4 is 13.8 Å². The second-order valence-electron chi connectivity index (χ2n) is 19.3. The van der Waals surface area contributed by atoms with Gasteiger partial charge < -0.3 is 18.9 Å². The number of hydrogen-bond donors (Lipinski definition) is 1. The first-order chi connectivity index (χ1) is 29.6. The number of rotatable bonds is 50. The Kier molecular flexibility index (Phi) is 45.2. The van der Waals surface area contributed by atoms with Gasteiger partial charge in [0.1, 0.15) is 19.3 Å². The number of esters is 1. The highest BCUT2D eigenvalue weighted by atomic mass is 31.2. The van der Waals surface area contributed by atoms with E-state index in [1.165, 1.54) is 205 Å². The molecule has 0 aliphatic heterocycles. The fraction of sp³-hybridized carbons (Fsp3) is 0.942. The topological polar surface area (TPSA) is 91.3 Å². The van der Waals surface area contributed by atoms with Gasteiger partial charge in [-0.15, -0.1) is 0 Å². The molecule has 0 radical (unpaired) electrons. The Morgan fingerprint density at radius 2 is 0.852 bits per heavy atom. The van der Waals surface area contributed by atoms with E-state index in [9.17, 15) is 14.3 Å². The quantitative estimate of drug-likeness (QED) is 0.0214. The second kappa shape index (κ2) is 45.8. The molecule has 0 spiro atoms. The molecular weight excluding hydrogens is 782 g/mol. The average molecular weight is 887 g/mol. The van der Waals surface area contributed by atoms with Crippen molar-refractivity contribution < 1.29 is 37.3 Å². The summed E-state index contributed by atoms with van der Waals surface area (Å²) in [7, 11) is 1.68. The van der Waals surface area contributed by atoms with Gasteiger partial charge in [0.25, 0.3) is 0 Å². The van der Waals surface area contributed by atoms with E-state index in [4.69, 9.17) is 18.5 Å². The Bertz CT molecular complexity index is 987. The SMILES string of the molecule is CCCCCCCC/C=C\CCCCCCCCCCCC(=O)OC(COCCCCCCCCCCCCCCCCCCCCCC)COP(=O)(O)OCC[N+](C)(C)C. The van der Waals surface area contributed by atoms with Crippen LogP contribution in [0.15, 0.2) is 12.2 Å². The smallest absolute Gasteiger partial charge is 0.457 e. The van der Waals surface area contributed by atoms with Crippen molar-refractivity contribution in [2.75, 3.05) is 54.1 Å². The van der Waals surface area contributed by atoms with Gasteiger partial charge in [0.05, 0.1) is 34.4 Å². The Hall–Kier alpha value is -0.760. The fourth-order valence-electron chi connectivity index (χ4n) is 7.73. The van der Waals surface area contributed by atoms with Gasteiger partial charge in [-0.2, -0.15) is 0 Å². The molecule has 2 atom stereocenters. The van der Waals surface area contributed by atoms with E-state index in [0.29, 0.717) is 24.1 Å². The first-order valence-corrected chi connectivity index (χ1v) is 27.9. The predicted molar refractivity (Wildman–Crippen MR) is 261 cm³/mol. The Balaban J connectivity index is 4.09. The normalized spacial score (nSPS) is 13.6. The van der Waals surface area contributed by atoms with Crippen molar-refractivity contribution in [3.63, 3.8) is 0 Å². The van der Waals surface area contributed by atoms with Crippen LogP contribution < -0.4 is 0 Å². The average Bonchev–Trinajstić information content (AvgIpc) is 3.22. The number of carbonyl (C=O) groups is 1. The van der Waals surface area contributed by atoms with E-state index in [2.05, 4.69) is 26.0 Å². The van der Waals surface area contributed by atoms with Crippen LogP contribution in [0.5, 0.6) is 0 Å². The molecule has 0 saturated heterocycles. The molecule has 0 aliphatic carbocycles. The third-order valence-electron chi connectivity index (χ3n) is 11.8. The maximum Gasteiger partial charge on any atom is 0.472 e. The number of carbonyl (C=O) groups excluding carboxylic acids is 1. The van der Waals surface area contributed by atoms with Crippen molar-refractivity contribution in [2.45, 2.75) is 264 Å². The molecule has 0 bridgehead atoms. The largest absolute Gasteiger partial charge is 0.472 e. The summed E-state index contributed by atoms with van der Waals surface area (Å²) in [4.78, 5) is 23.0. The summed E-state index contributed by atoms with van der Waals surface area (Å²) >= 11 is 0. The van der Waals surface area contributed by atoms with Gasteiger partial charge in [0, 0.05) is 13.0 Å². The van der Waals surface area contributed by atoms with E-state index in [1.54, 1.807) is 0 Å². The molecule has 0 amide bonds. The molecule has 9 heteroatoms. The number of likely N-dealkylation sites (N-methyl/N-ethyl adjacent to an activating group) is 1. The lowest BCUT2D eigenvalue weighted by molar-refractivity contribution is -0.870. The molecule has 0 saturated carbocycles. The van der Waals surface area contributed by atoms with Crippen molar-refractivity contribution in [1.82, 2.24) is 0 Å². The molecule has 0 heterocycles. The minimum Gasteiger partial charge on any atom is -0.457 e. The zero-order chi connectivity index (χ0) is 44.8. The predicted octanol–water partition coefficient (Wildman–Crippen LogP) is 16.2. The van der Waals surface area contributed by atoms with Crippen molar-refractivity contribution in [3.05, 3.63) is 12.2 Å². The lowest BCUT2D eigenvalue weighted by Gasteiger charge is -2.24. The van der Waals surface area contributed by atoms with Gasteiger partial charge in [-0.1, -0.05) is 225 Å². The van der Waals surface area contributed by atoms with Crippen LogP contribution in [-0.2, 0) is 27.9 Å².